The predicted molar refractivity (Wildman–Crippen MR) is 84.8 cm³/mol. The maximum atomic E-state index is 5.42. The average Bonchev–Trinajstić information content (AvgIpc) is 3.25. The second-order valence-corrected chi connectivity index (χ2v) is 5.40. The lowest BCUT2D eigenvalue weighted by atomic mass is 10.3. The topological polar surface area (TPSA) is 81.2 Å². The number of fused-ring (bicyclic) bond motifs is 1. The lowest BCUT2D eigenvalue weighted by Crippen LogP contribution is -2.44. The molecule has 8 nitrogen and oxygen atoms in total. The zero-order valence-corrected chi connectivity index (χ0v) is 12.9. The fourth-order valence-corrected chi connectivity index (χ4v) is 2.78. The molecule has 1 saturated heterocycles. The van der Waals surface area contributed by atoms with E-state index in [9.17, 15) is 0 Å². The van der Waals surface area contributed by atoms with Gasteiger partial charge in [0.05, 0.1) is 26.2 Å². The Morgan fingerprint density at radius 1 is 1.30 bits per heavy atom. The van der Waals surface area contributed by atoms with Crippen LogP contribution >= 0.6 is 0 Å². The van der Waals surface area contributed by atoms with Gasteiger partial charge in [0, 0.05) is 26.2 Å². The van der Waals surface area contributed by atoms with Gasteiger partial charge >= 0.3 is 6.01 Å². The highest BCUT2D eigenvalue weighted by atomic mass is 16.5. The summed E-state index contributed by atoms with van der Waals surface area (Å²) in [7, 11) is 1.58. The van der Waals surface area contributed by atoms with Crippen molar-refractivity contribution in [3.63, 3.8) is 0 Å². The van der Waals surface area contributed by atoms with Crippen molar-refractivity contribution < 1.29 is 9.15 Å². The maximum Gasteiger partial charge on any atom is 0.320 e. The number of anilines is 1. The number of rotatable bonds is 4. The van der Waals surface area contributed by atoms with E-state index in [0.29, 0.717) is 12.6 Å². The van der Waals surface area contributed by atoms with Crippen molar-refractivity contribution in [2.45, 2.75) is 6.54 Å². The SMILES string of the molecule is COc1nc(N2CCNCC2)c2ncn(Cc3ccco3)c2n1. The van der Waals surface area contributed by atoms with Gasteiger partial charge in [0.25, 0.3) is 0 Å². The number of methoxy groups -OCH3 is 1. The molecule has 0 unspecified atom stereocenters. The molecule has 23 heavy (non-hydrogen) atoms. The van der Waals surface area contributed by atoms with Gasteiger partial charge in [-0.05, 0) is 12.1 Å². The van der Waals surface area contributed by atoms with Crippen molar-refractivity contribution in [3.05, 3.63) is 30.5 Å². The smallest absolute Gasteiger partial charge is 0.320 e. The van der Waals surface area contributed by atoms with E-state index in [1.54, 1.807) is 19.7 Å². The Bertz CT molecular complexity index is 792. The van der Waals surface area contributed by atoms with Crippen LogP contribution in [0.4, 0.5) is 5.82 Å². The number of nitrogens with zero attached hydrogens (tertiary/aromatic N) is 5. The van der Waals surface area contributed by atoms with E-state index in [0.717, 1.165) is 48.9 Å². The summed E-state index contributed by atoms with van der Waals surface area (Å²) >= 11 is 0. The molecule has 0 aliphatic carbocycles. The van der Waals surface area contributed by atoms with Crippen LogP contribution in [0.25, 0.3) is 11.2 Å². The molecule has 0 saturated carbocycles. The number of aromatic nitrogens is 4. The summed E-state index contributed by atoms with van der Waals surface area (Å²) in [5, 5.41) is 3.34. The molecule has 0 aromatic carbocycles. The van der Waals surface area contributed by atoms with Gasteiger partial charge in [-0.25, -0.2) is 4.98 Å². The molecule has 8 heteroatoms. The molecule has 1 fully saturated rings. The van der Waals surface area contributed by atoms with E-state index in [2.05, 4.69) is 25.2 Å². The van der Waals surface area contributed by atoms with E-state index in [-0.39, 0.29) is 0 Å². The highest BCUT2D eigenvalue weighted by Crippen LogP contribution is 2.25. The standard InChI is InChI=1S/C15H18N6O2/c1-22-15-18-13(20-6-4-16-5-7-20)12-14(19-15)21(10-17-12)9-11-3-2-8-23-11/h2-3,8,10,16H,4-7,9H2,1H3. The first-order valence-electron chi connectivity index (χ1n) is 7.60. The van der Waals surface area contributed by atoms with Gasteiger partial charge in [-0.2, -0.15) is 9.97 Å². The summed E-state index contributed by atoms with van der Waals surface area (Å²) in [6.45, 7) is 4.22. The van der Waals surface area contributed by atoms with Crippen LogP contribution in [-0.4, -0.2) is 52.8 Å². The first-order chi connectivity index (χ1) is 11.3. The molecular weight excluding hydrogens is 296 g/mol. The van der Waals surface area contributed by atoms with Crippen LogP contribution in [0.1, 0.15) is 5.76 Å². The van der Waals surface area contributed by atoms with Crippen molar-refractivity contribution in [3.8, 4) is 6.01 Å². The molecule has 0 bridgehead atoms. The number of nitrogens with one attached hydrogen (secondary N) is 1. The van der Waals surface area contributed by atoms with Crippen LogP contribution in [0.15, 0.2) is 29.1 Å². The monoisotopic (exact) mass is 314 g/mol. The van der Waals surface area contributed by atoms with Crippen molar-refractivity contribution >= 4 is 17.0 Å². The number of hydrogen-bond donors (Lipinski definition) is 1. The average molecular weight is 314 g/mol. The van der Waals surface area contributed by atoms with Gasteiger partial charge < -0.3 is 23.9 Å². The van der Waals surface area contributed by atoms with Crippen LogP contribution in [0.2, 0.25) is 0 Å². The van der Waals surface area contributed by atoms with Crippen molar-refractivity contribution in [2.24, 2.45) is 0 Å². The van der Waals surface area contributed by atoms with Gasteiger partial charge in [0.15, 0.2) is 17.0 Å². The van der Waals surface area contributed by atoms with Gasteiger partial charge in [0.2, 0.25) is 0 Å². The molecule has 3 aromatic rings. The Morgan fingerprint density at radius 3 is 2.91 bits per heavy atom. The zero-order chi connectivity index (χ0) is 15.6. The molecule has 1 N–H and O–H groups in total. The number of furan rings is 1. The summed E-state index contributed by atoms with van der Waals surface area (Å²) in [6.07, 6.45) is 3.43. The molecule has 1 aliphatic rings. The summed E-state index contributed by atoms with van der Waals surface area (Å²) in [6, 6.07) is 4.16. The first kappa shape index (κ1) is 14.0. The van der Waals surface area contributed by atoms with Gasteiger partial charge in [0.1, 0.15) is 5.76 Å². The van der Waals surface area contributed by atoms with E-state index in [4.69, 9.17) is 9.15 Å². The molecule has 3 aromatic heterocycles. The minimum atomic E-state index is 0.354. The highest BCUT2D eigenvalue weighted by Gasteiger charge is 2.20. The van der Waals surface area contributed by atoms with Crippen LogP contribution in [0.3, 0.4) is 0 Å². The summed E-state index contributed by atoms with van der Waals surface area (Å²) in [5.74, 6) is 1.68. The molecular formula is C15H18N6O2. The van der Waals surface area contributed by atoms with Crippen molar-refractivity contribution in [1.29, 1.82) is 0 Å². The van der Waals surface area contributed by atoms with E-state index in [1.165, 1.54) is 0 Å². The van der Waals surface area contributed by atoms with Crippen molar-refractivity contribution in [2.75, 3.05) is 38.2 Å². The van der Waals surface area contributed by atoms with Gasteiger partial charge in [-0.15, -0.1) is 0 Å². The quantitative estimate of drug-likeness (QED) is 0.765. The van der Waals surface area contributed by atoms with Gasteiger partial charge in [-0.3, -0.25) is 0 Å². The van der Waals surface area contributed by atoms with Crippen LogP contribution in [0.5, 0.6) is 6.01 Å². The lowest BCUT2D eigenvalue weighted by molar-refractivity contribution is 0.380. The fourth-order valence-electron chi connectivity index (χ4n) is 2.78. The normalized spacial score (nSPS) is 15.3. The Morgan fingerprint density at radius 2 is 2.17 bits per heavy atom. The van der Waals surface area contributed by atoms with Crippen LogP contribution in [-0.2, 0) is 6.54 Å². The molecule has 120 valence electrons. The van der Waals surface area contributed by atoms with E-state index < -0.39 is 0 Å². The number of piperazine rings is 1. The molecule has 0 spiro atoms. The molecule has 4 heterocycles. The first-order valence-corrected chi connectivity index (χ1v) is 7.60. The Balaban J connectivity index is 1.78. The Kier molecular flexibility index (Phi) is 3.58. The highest BCUT2D eigenvalue weighted by molar-refractivity contribution is 5.84. The fraction of sp³-hybridized carbons (Fsp3) is 0.400. The van der Waals surface area contributed by atoms with Crippen LogP contribution in [0, 0.1) is 0 Å². The number of hydrogen-bond acceptors (Lipinski definition) is 7. The minimum Gasteiger partial charge on any atom is -0.467 e. The number of imidazole rings is 1. The second kappa shape index (κ2) is 5.88. The van der Waals surface area contributed by atoms with E-state index in [1.807, 2.05) is 16.7 Å². The summed E-state index contributed by atoms with van der Waals surface area (Å²) < 4.78 is 12.6. The van der Waals surface area contributed by atoms with Gasteiger partial charge in [-0.1, -0.05) is 0 Å². The number of ether oxygens (including phenoxy) is 1. The molecule has 0 amide bonds. The molecule has 0 atom stereocenters. The molecule has 1 aliphatic heterocycles. The van der Waals surface area contributed by atoms with E-state index >= 15 is 0 Å². The second-order valence-electron chi connectivity index (χ2n) is 5.40. The zero-order valence-electron chi connectivity index (χ0n) is 12.9. The Hall–Kier alpha value is -2.61. The molecule has 4 rings (SSSR count). The lowest BCUT2D eigenvalue weighted by Gasteiger charge is -2.28. The third-order valence-corrected chi connectivity index (χ3v) is 3.93. The summed E-state index contributed by atoms with van der Waals surface area (Å²) in [4.78, 5) is 15.7. The van der Waals surface area contributed by atoms with Crippen molar-refractivity contribution in [1.82, 2.24) is 24.8 Å². The third-order valence-electron chi connectivity index (χ3n) is 3.93. The third kappa shape index (κ3) is 2.61. The summed E-state index contributed by atoms with van der Waals surface area (Å²) in [5.41, 5.74) is 1.54. The largest absolute Gasteiger partial charge is 0.467 e. The maximum absolute atomic E-state index is 5.42. The Labute approximate surface area is 133 Å². The minimum absolute atomic E-state index is 0.354. The molecule has 0 radical (unpaired) electrons. The van der Waals surface area contributed by atoms with Crippen LogP contribution < -0.4 is 15.0 Å². The predicted octanol–water partition coefficient (Wildman–Crippen LogP) is 0.886.